The van der Waals surface area contributed by atoms with Crippen molar-refractivity contribution in [2.75, 3.05) is 13.1 Å². The van der Waals surface area contributed by atoms with Crippen LogP contribution in [0.4, 0.5) is 0 Å². The van der Waals surface area contributed by atoms with Gasteiger partial charge in [-0.3, -0.25) is 9.59 Å². The highest BCUT2D eigenvalue weighted by Crippen LogP contribution is 2.15. The maximum absolute atomic E-state index is 12.1. The number of rotatable bonds is 2. The van der Waals surface area contributed by atoms with Crippen LogP contribution in [0, 0.1) is 12.8 Å². The lowest BCUT2D eigenvalue weighted by atomic mass is 10.0. The van der Waals surface area contributed by atoms with Gasteiger partial charge >= 0.3 is 0 Å². The van der Waals surface area contributed by atoms with Gasteiger partial charge in [0.1, 0.15) is 6.54 Å². The summed E-state index contributed by atoms with van der Waals surface area (Å²) in [4.78, 5) is 25.9. The molecule has 0 saturated carbocycles. The highest BCUT2D eigenvalue weighted by molar-refractivity contribution is 5.76. The fourth-order valence-corrected chi connectivity index (χ4v) is 2.44. The monoisotopic (exact) mass is 248 g/mol. The van der Waals surface area contributed by atoms with Gasteiger partial charge in [0, 0.05) is 24.8 Å². The summed E-state index contributed by atoms with van der Waals surface area (Å²) in [5.74, 6) is 0.617. The standard InChI is InChI=1S/C14H20N2O2/c1-11-5-3-7-15(9-11)13(17)10-16-8-4-6-12(2)14(16)18/h4,6,8,11H,3,5,7,9-10H2,1-2H3. The van der Waals surface area contributed by atoms with Crippen LogP contribution < -0.4 is 5.56 Å². The van der Waals surface area contributed by atoms with E-state index in [-0.39, 0.29) is 18.0 Å². The van der Waals surface area contributed by atoms with Crippen molar-refractivity contribution in [1.82, 2.24) is 9.47 Å². The number of aryl methyl sites for hydroxylation is 1. The summed E-state index contributed by atoms with van der Waals surface area (Å²) in [6, 6.07) is 3.58. The third-order valence-electron chi connectivity index (χ3n) is 3.53. The summed E-state index contributed by atoms with van der Waals surface area (Å²) in [6.45, 7) is 5.74. The average molecular weight is 248 g/mol. The van der Waals surface area contributed by atoms with Gasteiger partial charge < -0.3 is 9.47 Å². The number of nitrogens with zero attached hydrogens (tertiary/aromatic N) is 2. The van der Waals surface area contributed by atoms with Crippen LogP contribution in [0.3, 0.4) is 0 Å². The largest absolute Gasteiger partial charge is 0.341 e. The van der Waals surface area contributed by atoms with Gasteiger partial charge in [-0.2, -0.15) is 0 Å². The van der Waals surface area contributed by atoms with Crippen LogP contribution in [0.25, 0.3) is 0 Å². The Morgan fingerprint density at radius 2 is 2.28 bits per heavy atom. The average Bonchev–Trinajstić information content (AvgIpc) is 2.35. The van der Waals surface area contributed by atoms with Crippen molar-refractivity contribution < 1.29 is 4.79 Å². The lowest BCUT2D eigenvalue weighted by Crippen LogP contribution is -2.42. The number of likely N-dealkylation sites (tertiary alicyclic amines) is 1. The highest BCUT2D eigenvalue weighted by Gasteiger charge is 2.21. The third-order valence-corrected chi connectivity index (χ3v) is 3.53. The Bertz CT molecular complexity index is 493. The molecule has 1 fully saturated rings. The van der Waals surface area contributed by atoms with Gasteiger partial charge in [-0.1, -0.05) is 13.0 Å². The third kappa shape index (κ3) is 2.81. The van der Waals surface area contributed by atoms with Crippen LogP contribution in [-0.2, 0) is 11.3 Å². The summed E-state index contributed by atoms with van der Waals surface area (Å²) in [5, 5.41) is 0. The highest BCUT2D eigenvalue weighted by atomic mass is 16.2. The summed E-state index contributed by atoms with van der Waals surface area (Å²) in [5.41, 5.74) is 0.605. The van der Waals surface area contributed by atoms with Crippen molar-refractivity contribution in [3.63, 3.8) is 0 Å². The van der Waals surface area contributed by atoms with E-state index in [4.69, 9.17) is 0 Å². The maximum Gasteiger partial charge on any atom is 0.253 e. The topological polar surface area (TPSA) is 42.3 Å². The van der Waals surface area contributed by atoms with E-state index in [1.165, 1.54) is 11.0 Å². The molecule has 1 atom stereocenters. The first-order valence-electron chi connectivity index (χ1n) is 6.52. The van der Waals surface area contributed by atoms with E-state index < -0.39 is 0 Å². The van der Waals surface area contributed by atoms with E-state index in [9.17, 15) is 9.59 Å². The van der Waals surface area contributed by atoms with Gasteiger partial charge in [-0.15, -0.1) is 0 Å². The maximum atomic E-state index is 12.1. The number of carbonyl (C=O) groups is 1. The predicted octanol–water partition coefficient (Wildman–Crippen LogP) is 1.42. The zero-order chi connectivity index (χ0) is 13.1. The zero-order valence-electron chi connectivity index (χ0n) is 11.1. The number of aromatic nitrogens is 1. The second-order valence-corrected chi connectivity index (χ2v) is 5.21. The van der Waals surface area contributed by atoms with Crippen molar-refractivity contribution in [2.45, 2.75) is 33.2 Å². The minimum absolute atomic E-state index is 0.0502. The van der Waals surface area contributed by atoms with Crippen LogP contribution in [0.15, 0.2) is 23.1 Å². The van der Waals surface area contributed by atoms with Gasteiger partial charge in [-0.25, -0.2) is 0 Å². The van der Waals surface area contributed by atoms with Crippen molar-refractivity contribution >= 4 is 5.91 Å². The Morgan fingerprint density at radius 3 is 3.00 bits per heavy atom. The fourth-order valence-electron chi connectivity index (χ4n) is 2.44. The van der Waals surface area contributed by atoms with Crippen LogP contribution in [0.2, 0.25) is 0 Å². The minimum atomic E-state index is -0.0732. The molecule has 0 aliphatic carbocycles. The summed E-state index contributed by atoms with van der Waals surface area (Å²) in [7, 11) is 0. The molecule has 4 heteroatoms. The van der Waals surface area contributed by atoms with Crippen LogP contribution in [-0.4, -0.2) is 28.5 Å². The first kappa shape index (κ1) is 12.9. The number of piperidine rings is 1. The molecule has 0 N–H and O–H groups in total. The molecule has 2 heterocycles. The first-order chi connectivity index (χ1) is 8.58. The quantitative estimate of drug-likeness (QED) is 0.794. The Morgan fingerprint density at radius 1 is 1.50 bits per heavy atom. The molecule has 0 radical (unpaired) electrons. The van der Waals surface area contributed by atoms with Gasteiger partial charge in [0.25, 0.3) is 5.56 Å². The molecule has 18 heavy (non-hydrogen) atoms. The Balaban J connectivity index is 2.07. The van der Waals surface area contributed by atoms with Crippen molar-refractivity contribution in [1.29, 1.82) is 0 Å². The van der Waals surface area contributed by atoms with Crippen LogP contribution in [0.1, 0.15) is 25.3 Å². The van der Waals surface area contributed by atoms with E-state index in [2.05, 4.69) is 6.92 Å². The molecule has 0 bridgehead atoms. The van der Waals surface area contributed by atoms with Crippen molar-refractivity contribution in [2.24, 2.45) is 5.92 Å². The Kier molecular flexibility index (Phi) is 3.84. The van der Waals surface area contributed by atoms with Gasteiger partial charge in [-0.05, 0) is 31.7 Å². The summed E-state index contributed by atoms with van der Waals surface area (Å²) in [6.07, 6.45) is 3.93. The molecule has 4 nitrogen and oxygen atoms in total. The minimum Gasteiger partial charge on any atom is -0.341 e. The van der Waals surface area contributed by atoms with Gasteiger partial charge in [0.2, 0.25) is 5.91 Å². The number of pyridine rings is 1. The van der Waals surface area contributed by atoms with Gasteiger partial charge in [0.15, 0.2) is 0 Å². The number of carbonyl (C=O) groups excluding carboxylic acids is 1. The lowest BCUT2D eigenvalue weighted by Gasteiger charge is -2.31. The molecule has 1 aromatic rings. The lowest BCUT2D eigenvalue weighted by molar-refractivity contribution is -0.133. The molecule has 0 aromatic carbocycles. The van der Waals surface area contributed by atoms with E-state index in [0.29, 0.717) is 11.5 Å². The zero-order valence-corrected chi connectivity index (χ0v) is 11.1. The molecular weight excluding hydrogens is 228 g/mol. The number of hydrogen-bond acceptors (Lipinski definition) is 2. The van der Waals surface area contributed by atoms with E-state index in [0.717, 1.165) is 19.5 Å². The second kappa shape index (κ2) is 5.38. The normalized spacial score (nSPS) is 19.9. The second-order valence-electron chi connectivity index (χ2n) is 5.21. The molecule has 98 valence electrons. The predicted molar refractivity (Wildman–Crippen MR) is 70.4 cm³/mol. The molecule has 1 aliphatic heterocycles. The van der Waals surface area contributed by atoms with Crippen molar-refractivity contribution in [3.8, 4) is 0 Å². The molecule has 1 saturated heterocycles. The smallest absolute Gasteiger partial charge is 0.253 e. The molecule has 1 aromatic heterocycles. The molecular formula is C14H20N2O2. The van der Waals surface area contributed by atoms with E-state index >= 15 is 0 Å². The van der Waals surface area contributed by atoms with E-state index in [1.807, 2.05) is 11.0 Å². The van der Waals surface area contributed by atoms with Crippen LogP contribution >= 0.6 is 0 Å². The Labute approximate surface area is 107 Å². The number of amides is 1. The van der Waals surface area contributed by atoms with Crippen molar-refractivity contribution in [3.05, 3.63) is 34.2 Å². The molecule has 0 spiro atoms. The number of hydrogen-bond donors (Lipinski definition) is 0. The summed E-state index contributed by atoms with van der Waals surface area (Å²) < 4.78 is 1.50. The molecule has 1 aliphatic rings. The first-order valence-corrected chi connectivity index (χ1v) is 6.52. The molecule has 2 rings (SSSR count). The SMILES string of the molecule is Cc1cccn(CC(=O)N2CCCC(C)C2)c1=O. The summed E-state index contributed by atoms with van der Waals surface area (Å²) >= 11 is 0. The van der Waals surface area contributed by atoms with E-state index in [1.54, 1.807) is 19.2 Å². The Hall–Kier alpha value is -1.58. The van der Waals surface area contributed by atoms with Gasteiger partial charge in [0.05, 0.1) is 0 Å². The molecule has 1 unspecified atom stereocenters. The van der Waals surface area contributed by atoms with Crippen LogP contribution in [0.5, 0.6) is 0 Å². The molecule has 1 amide bonds. The fraction of sp³-hybridized carbons (Fsp3) is 0.571.